The van der Waals surface area contributed by atoms with Crippen LogP contribution >= 0.6 is 0 Å². The normalized spacial score (nSPS) is 14.1. The van der Waals surface area contributed by atoms with Crippen molar-refractivity contribution >= 4 is 15.5 Å². The van der Waals surface area contributed by atoms with Crippen LogP contribution in [0.5, 0.6) is 0 Å². The molecule has 0 radical (unpaired) electrons. The maximum Gasteiger partial charge on any atom is 0.501 e. The van der Waals surface area contributed by atoms with E-state index < -0.39 is 26.1 Å². The molecule has 1 rings (SSSR count). The van der Waals surface area contributed by atoms with Crippen LogP contribution in [0.3, 0.4) is 0 Å². The Kier molecular flexibility index (Phi) is 5.01. The molecule has 1 aromatic rings. The summed E-state index contributed by atoms with van der Waals surface area (Å²) in [4.78, 5) is -1.09. The van der Waals surface area contributed by atoms with Crippen molar-refractivity contribution < 1.29 is 26.0 Å². The van der Waals surface area contributed by atoms with Gasteiger partial charge in [-0.3, -0.25) is 0 Å². The summed E-state index contributed by atoms with van der Waals surface area (Å²) in [6.45, 7) is 4.04. The van der Waals surface area contributed by atoms with Gasteiger partial charge in [-0.05, 0) is 24.1 Å². The van der Waals surface area contributed by atoms with Gasteiger partial charge in [0.05, 0.1) is 5.69 Å². The van der Waals surface area contributed by atoms with E-state index in [0.29, 0.717) is 12.6 Å². The molecule has 0 amide bonds. The minimum Gasteiger partial charge on any atom is -0.384 e. The Hall–Kier alpha value is -1.31. The number of hydrogen-bond donors (Lipinski definition) is 1. The van der Waals surface area contributed by atoms with Crippen molar-refractivity contribution in [3.63, 3.8) is 0 Å². The second-order valence-corrected chi connectivity index (χ2v) is 6.39. The van der Waals surface area contributed by atoms with Gasteiger partial charge in [0.15, 0.2) is 0 Å². The summed E-state index contributed by atoms with van der Waals surface area (Å²) in [6.07, 6.45) is 0.773. The van der Waals surface area contributed by atoms with E-state index >= 15 is 0 Å². The molecular weight excluding hydrogens is 298 g/mol. The fourth-order valence-electron chi connectivity index (χ4n) is 1.42. The van der Waals surface area contributed by atoms with Crippen molar-refractivity contribution in [2.24, 2.45) is 5.92 Å². The van der Waals surface area contributed by atoms with Crippen molar-refractivity contribution in [2.45, 2.75) is 30.7 Å². The molecule has 3 nitrogen and oxygen atoms in total. The van der Waals surface area contributed by atoms with Crippen LogP contribution in [0.4, 0.5) is 23.2 Å². The van der Waals surface area contributed by atoms with Gasteiger partial charge in [0, 0.05) is 6.54 Å². The number of alkyl halides is 3. The summed E-state index contributed by atoms with van der Waals surface area (Å²) in [6, 6.07) is 2.28. The Morgan fingerprint density at radius 3 is 2.40 bits per heavy atom. The summed E-state index contributed by atoms with van der Waals surface area (Å²) < 4.78 is 73.6. The second-order valence-electron chi connectivity index (χ2n) is 4.48. The van der Waals surface area contributed by atoms with Gasteiger partial charge >= 0.3 is 5.51 Å². The molecule has 0 spiro atoms. The third-order valence-corrected chi connectivity index (χ3v) is 4.40. The molecule has 0 aliphatic heterocycles. The summed E-state index contributed by atoms with van der Waals surface area (Å²) in [5, 5.41) is 2.62. The number of nitrogens with one attached hydrogen (secondary N) is 1. The highest BCUT2D eigenvalue weighted by molar-refractivity contribution is 7.92. The molecule has 1 unspecified atom stereocenters. The molecule has 20 heavy (non-hydrogen) atoms. The highest BCUT2D eigenvalue weighted by Gasteiger charge is 2.48. The van der Waals surface area contributed by atoms with E-state index in [2.05, 4.69) is 5.32 Å². The van der Waals surface area contributed by atoms with Crippen LogP contribution in [0.2, 0.25) is 0 Å². The number of halogens is 4. The molecule has 114 valence electrons. The molecule has 0 aliphatic carbocycles. The van der Waals surface area contributed by atoms with Crippen LogP contribution < -0.4 is 5.32 Å². The van der Waals surface area contributed by atoms with E-state index in [1.807, 2.05) is 13.8 Å². The molecule has 0 aliphatic rings. The summed E-state index contributed by atoms with van der Waals surface area (Å²) in [7, 11) is -5.59. The Balaban J connectivity index is 3.22. The van der Waals surface area contributed by atoms with E-state index in [4.69, 9.17) is 0 Å². The lowest BCUT2D eigenvalue weighted by Gasteiger charge is -2.16. The van der Waals surface area contributed by atoms with E-state index in [1.54, 1.807) is 0 Å². The number of hydrogen-bond acceptors (Lipinski definition) is 3. The summed E-state index contributed by atoms with van der Waals surface area (Å²) in [5.74, 6) is -0.900. The summed E-state index contributed by atoms with van der Waals surface area (Å²) >= 11 is 0. The Labute approximate surface area is 114 Å². The molecule has 0 saturated carbocycles. The van der Waals surface area contributed by atoms with E-state index in [9.17, 15) is 26.0 Å². The van der Waals surface area contributed by atoms with Crippen LogP contribution in [0.15, 0.2) is 23.1 Å². The zero-order valence-corrected chi connectivity index (χ0v) is 11.8. The third kappa shape index (κ3) is 3.62. The van der Waals surface area contributed by atoms with Crippen molar-refractivity contribution in [3.8, 4) is 0 Å². The van der Waals surface area contributed by atoms with Crippen molar-refractivity contribution in [1.82, 2.24) is 0 Å². The largest absolute Gasteiger partial charge is 0.501 e. The van der Waals surface area contributed by atoms with Crippen LogP contribution in [-0.2, 0) is 9.84 Å². The Morgan fingerprint density at radius 2 is 1.90 bits per heavy atom. The number of rotatable bonds is 5. The number of sulfone groups is 1. The average molecular weight is 313 g/mol. The van der Waals surface area contributed by atoms with Crippen LogP contribution in [-0.4, -0.2) is 20.5 Å². The smallest absolute Gasteiger partial charge is 0.384 e. The quantitative estimate of drug-likeness (QED) is 0.845. The first kappa shape index (κ1) is 16.7. The van der Waals surface area contributed by atoms with Crippen molar-refractivity contribution in [2.75, 3.05) is 11.9 Å². The first-order valence-electron chi connectivity index (χ1n) is 5.94. The standard InChI is InChI=1S/C12H15F4NO2S/c1-3-8(2)7-17-10-5-4-9(13)6-11(10)20(18,19)12(14,15)16/h4-6,8,17H,3,7H2,1-2H3. The predicted molar refractivity (Wildman–Crippen MR) is 67.6 cm³/mol. The highest BCUT2D eigenvalue weighted by Crippen LogP contribution is 2.34. The highest BCUT2D eigenvalue weighted by atomic mass is 32.2. The molecule has 1 N–H and O–H groups in total. The monoisotopic (exact) mass is 313 g/mol. The molecular formula is C12H15F4NO2S. The maximum atomic E-state index is 13.1. The van der Waals surface area contributed by atoms with Gasteiger partial charge in [-0.25, -0.2) is 12.8 Å². The Bertz CT molecular complexity index is 569. The molecule has 0 heterocycles. The molecule has 0 fully saturated rings. The average Bonchev–Trinajstić information content (AvgIpc) is 2.35. The van der Waals surface area contributed by atoms with Crippen molar-refractivity contribution in [1.29, 1.82) is 0 Å². The molecule has 1 atom stereocenters. The fourth-order valence-corrected chi connectivity index (χ4v) is 2.36. The zero-order valence-electron chi connectivity index (χ0n) is 11.0. The minimum absolute atomic E-state index is 0.140. The lowest BCUT2D eigenvalue weighted by Crippen LogP contribution is -2.25. The first-order chi connectivity index (χ1) is 9.09. The molecule has 1 aromatic carbocycles. The van der Waals surface area contributed by atoms with Gasteiger partial charge in [-0.15, -0.1) is 0 Å². The van der Waals surface area contributed by atoms with Gasteiger partial charge in [0.2, 0.25) is 0 Å². The predicted octanol–water partition coefficient (Wildman–Crippen LogP) is 3.58. The lowest BCUT2D eigenvalue weighted by molar-refractivity contribution is -0.0435. The van der Waals surface area contributed by atoms with Gasteiger partial charge in [0.25, 0.3) is 9.84 Å². The SMILES string of the molecule is CCC(C)CNc1ccc(F)cc1S(=O)(=O)C(F)(F)F. The van der Waals surface area contributed by atoms with Gasteiger partial charge in [-0.1, -0.05) is 20.3 Å². The van der Waals surface area contributed by atoms with Crippen molar-refractivity contribution in [3.05, 3.63) is 24.0 Å². The van der Waals surface area contributed by atoms with E-state index in [1.165, 1.54) is 0 Å². The molecule has 0 aromatic heterocycles. The molecule has 0 bridgehead atoms. The fraction of sp³-hybridized carbons (Fsp3) is 0.500. The topological polar surface area (TPSA) is 46.2 Å². The third-order valence-electron chi connectivity index (χ3n) is 2.88. The second kappa shape index (κ2) is 5.99. The maximum absolute atomic E-state index is 13.1. The number of anilines is 1. The number of benzene rings is 1. The zero-order chi connectivity index (χ0) is 15.6. The van der Waals surface area contributed by atoms with E-state index in [0.717, 1.165) is 18.6 Å². The molecule has 8 heteroatoms. The Morgan fingerprint density at radius 1 is 1.30 bits per heavy atom. The summed E-state index contributed by atoms with van der Waals surface area (Å²) in [5.41, 5.74) is -5.71. The molecule has 0 saturated heterocycles. The lowest BCUT2D eigenvalue weighted by atomic mass is 10.1. The van der Waals surface area contributed by atoms with Crippen LogP contribution in [0, 0.1) is 11.7 Å². The van der Waals surface area contributed by atoms with Crippen LogP contribution in [0.25, 0.3) is 0 Å². The van der Waals surface area contributed by atoms with Crippen LogP contribution in [0.1, 0.15) is 20.3 Å². The van der Waals surface area contributed by atoms with Gasteiger partial charge in [-0.2, -0.15) is 13.2 Å². The van der Waals surface area contributed by atoms with Gasteiger partial charge < -0.3 is 5.32 Å². The van der Waals surface area contributed by atoms with Gasteiger partial charge in [0.1, 0.15) is 10.7 Å². The first-order valence-corrected chi connectivity index (χ1v) is 7.42. The van der Waals surface area contributed by atoms with E-state index in [-0.39, 0.29) is 11.6 Å². The minimum atomic E-state index is -5.59.